The van der Waals surface area contributed by atoms with Crippen molar-refractivity contribution in [2.45, 2.75) is 33.2 Å². The van der Waals surface area contributed by atoms with Crippen molar-refractivity contribution in [1.29, 1.82) is 0 Å². The number of benzene rings is 1. The predicted octanol–water partition coefficient (Wildman–Crippen LogP) is 2.42. The van der Waals surface area contributed by atoms with Crippen molar-refractivity contribution in [3.63, 3.8) is 0 Å². The van der Waals surface area contributed by atoms with E-state index in [1.165, 1.54) is 16.8 Å². The first-order valence-electron chi connectivity index (χ1n) is 7.64. The predicted molar refractivity (Wildman–Crippen MR) is 87.7 cm³/mol. The Bertz CT molecular complexity index is 427. The highest BCUT2D eigenvalue weighted by atomic mass is 15.3. The van der Waals surface area contributed by atoms with Crippen molar-refractivity contribution in [2.24, 2.45) is 0 Å². The summed E-state index contributed by atoms with van der Waals surface area (Å²) in [6.07, 6.45) is 0. The van der Waals surface area contributed by atoms with Gasteiger partial charge in [0.15, 0.2) is 0 Å². The molecule has 20 heavy (non-hydrogen) atoms. The first-order chi connectivity index (χ1) is 9.38. The van der Waals surface area contributed by atoms with Gasteiger partial charge in [-0.1, -0.05) is 6.07 Å². The Morgan fingerprint density at radius 1 is 1.10 bits per heavy atom. The summed E-state index contributed by atoms with van der Waals surface area (Å²) < 4.78 is 0. The highest BCUT2D eigenvalue weighted by Gasteiger charge is 2.29. The third-order valence-corrected chi connectivity index (χ3v) is 4.24. The van der Waals surface area contributed by atoms with Crippen LogP contribution in [-0.4, -0.2) is 50.2 Å². The van der Waals surface area contributed by atoms with Crippen molar-refractivity contribution in [1.82, 2.24) is 10.2 Å². The lowest BCUT2D eigenvalue weighted by atomic mass is 10.00. The molecule has 1 aromatic carbocycles. The number of rotatable bonds is 4. The molecule has 0 atom stereocenters. The van der Waals surface area contributed by atoms with Crippen molar-refractivity contribution in [3.05, 3.63) is 29.3 Å². The molecule has 2 rings (SSSR count). The number of anilines is 1. The van der Waals surface area contributed by atoms with Crippen LogP contribution in [0.15, 0.2) is 18.2 Å². The molecule has 0 spiro atoms. The summed E-state index contributed by atoms with van der Waals surface area (Å²) in [5, 5.41) is 3.43. The molecule has 1 heterocycles. The standard InChI is InChI=1S/C17H29N3/c1-14-10-15(2)12-16(11-14)19(5)13-17(3,4)20-8-6-18-7-9-20/h10-12,18H,6-9,13H2,1-5H3. The molecule has 1 aliphatic heterocycles. The van der Waals surface area contributed by atoms with Crippen LogP contribution in [0, 0.1) is 13.8 Å². The van der Waals surface area contributed by atoms with E-state index < -0.39 is 0 Å². The minimum Gasteiger partial charge on any atom is -0.373 e. The number of piperazine rings is 1. The van der Waals surface area contributed by atoms with Crippen LogP contribution in [0.2, 0.25) is 0 Å². The Morgan fingerprint density at radius 2 is 1.65 bits per heavy atom. The first kappa shape index (κ1) is 15.3. The second kappa shape index (κ2) is 6.15. The van der Waals surface area contributed by atoms with Crippen LogP contribution in [0.25, 0.3) is 0 Å². The lowest BCUT2D eigenvalue weighted by Crippen LogP contribution is -2.57. The van der Waals surface area contributed by atoms with E-state index in [9.17, 15) is 0 Å². The van der Waals surface area contributed by atoms with Crippen LogP contribution in [0.4, 0.5) is 5.69 Å². The van der Waals surface area contributed by atoms with Gasteiger partial charge in [0.2, 0.25) is 0 Å². The summed E-state index contributed by atoms with van der Waals surface area (Å²) in [4.78, 5) is 4.99. The zero-order valence-electron chi connectivity index (χ0n) is 13.7. The van der Waals surface area contributed by atoms with E-state index in [4.69, 9.17) is 0 Å². The normalized spacial score (nSPS) is 17.2. The van der Waals surface area contributed by atoms with E-state index in [0.717, 1.165) is 32.7 Å². The third-order valence-electron chi connectivity index (χ3n) is 4.24. The molecular formula is C17H29N3. The van der Waals surface area contributed by atoms with Gasteiger partial charge in [0.05, 0.1) is 0 Å². The molecule has 1 aliphatic rings. The van der Waals surface area contributed by atoms with Crippen molar-refractivity contribution in [2.75, 3.05) is 44.7 Å². The molecule has 3 heteroatoms. The van der Waals surface area contributed by atoms with Gasteiger partial charge < -0.3 is 10.2 Å². The van der Waals surface area contributed by atoms with Gasteiger partial charge in [-0.05, 0) is 51.0 Å². The number of nitrogens with zero attached hydrogens (tertiary/aromatic N) is 2. The molecule has 1 saturated heterocycles. The van der Waals surface area contributed by atoms with Crippen LogP contribution in [-0.2, 0) is 0 Å². The van der Waals surface area contributed by atoms with Gasteiger partial charge in [0.1, 0.15) is 0 Å². The Morgan fingerprint density at radius 3 is 2.20 bits per heavy atom. The van der Waals surface area contributed by atoms with Crippen molar-refractivity contribution < 1.29 is 0 Å². The van der Waals surface area contributed by atoms with Gasteiger partial charge in [-0.25, -0.2) is 0 Å². The molecule has 1 N–H and O–H groups in total. The zero-order chi connectivity index (χ0) is 14.8. The molecule has 1 aromatic rings. The second-order valence-electron chi connectivity index (χ2n) is 6.75. The van der Waals surface area contributed by atoms with Crippen molar-refractivity contribution >= 4 is 5.69 Å². The molecular weight excluding hydrogens is 246 g/mol. The van der Waals surface area contributed by atoms with Gasteiger partial charge in [-0.15, -0.1) is 0 Å². The maximum absolute atomic E-state index is 3.43. The van der Waals surface area contributed by atoms with E-state index in [0.29, 0.717) is 0 Å². The summed E-state index contributed by atoms with van der Waals surface area (Å²) in [5.41, 5.74) is 4.21. The minimum absolute atomic E-state index is 0.203. The SMILES string of the molecule is Cc1cc(C)cc(N(C)CC(C)(C)N2CCNCC2)c1. The monoisotopic (exact) mass is 275 g/mol. The van der Waals surface area contributed by atoms with E-state index in [2.05, 4.69) is 68.1 Å². The molecule has 3 nitrogen and oxygen atoms in total. The zero-order valence-corrected chi connectivity index (χ0v) is 13.7. The van der Waals surface area contributed by atoms with Crippen molar-refractivity contribution in [3.8, 4) is 0 Å². The van der Waals surface area contributed by atoms with Crippen LogP contribution in [0.5, 0.6) is 0 Å². The van der Waals surface area contributed by atoms with E-state index in [-0.39, 0.29) is 5.54 Å². The average Bonchev–Trinajstić information content (AvgIpc) is 2.38. The minimum atomic E-state index is 0.203. The van der Waals surface area contributed by atoms with E-state index >= 15 is 0 Å². The third kappa shape index (κ3) is 3.74. The Kier molecular flexibility index (Phi) is 4.71. The smallest absolute Gasteiger partial charge is 0.0369 e. The topological polar surface area (TPSA) is 18.5 Å². The highest BCUT2D eigenvalue weighted by Crippen LogP contribution is 2.22. The molecule has 0 saturated carbocycles. The summed E-state index contributed by atoms with van der Waals surface area (Å²) in [7, 11) is 2.21. The molecule has 0 unspecified atom stereocenters. The molecule has 0 radical (unpaired) electrons. The Labute approximate surface area is 124 Å². The second-order valence-corrected chi connectivity index (χ2v) is 6.75. The number of nitrogens with one attached hydrogen (secondary N) is 1. The molecule has 112 valence electrons. The van der Waals surface area contributed by atoms with Crippen LogP contribution in [0.1, 0.15) is 25.0 Å². The number of likely N-dealkylation sites (N-methyl/N-ethyl adjacent to an activating group) is 1. The number of aryl methyl sites for hydroxylation is 2. The van der Waals surface area contributed by atoms with Gasteiger partial charge in [-0.2, -0.15) is 0 Å². The number of hydrogen-bond acceptors (Lipinski definition) is 3. The summed E-state index contributed by atoms with van der Waals surface area (Å²) in [5.74, 6) is 0. The van der Waals surface area contributed by atoms with Crippen LogP contribution in [0.3, 0.4) is 0 Å². The molecule has 1 fully saturated rings. The first-order valence-corrected chi connectivity index (χ1v) is 7.64. The van der Waals surface area contributed by atoms with Crippen LogP contribution < -0.4 is 10.2 Å². The van der Waals surface area contributed by atoms with Crippen LogP contribution >= 0.6 is 0 Å². The van der Waals surface area contributed by atoms with E-state index in [1.807, 2.05) is 0 Å². The highest BCUT2D eigenvalue weighted by molar-refractivity contribution is 5.50. The maximum atomic E-state index is 3.43. The van der Waals surface area contributed by atoms with E-state index in [1.54, 1.807) is 0 Å². The lowest BCUT2D eigenvalue weighted by molar-refractivity contribution is 0.109. The molecule has 0 amide bonds. The lowest BCUT2D eigenvalue weighted by Gasteiger charge is -2.43. The van der Waals surface area contributed by atoms with Gasteiger partial charge >= 0.3 is 0 Å². The van der Waals surface area contributed by atoms with Gasteiger partial charge in [-0.3, -0.25) is 4.90 Å². The van der Waals surface area contributed by atoms with Gasteiger partial charge in [0, 0.05) is 51.0 Å². The summed E-state index contributed by atoms with van der Waals surface area (Å²) in [6, 6.07) is 6.79. The molecule has 0 aromatic heterocycles. The maximum Gasteiger partial charge on any atom is 0.0369 e. The Hall–Kier alpha value is -1.06. The fourth-order valence-corrected chi connectivity index (χ4v) is 3.21. The molecule has 0 aliphatic carbocycles. The summed E-state index contributed by atoms with van der Waals surface area (Å²) in [6.45, 7) is 14.6. The summed E-state index contributed by atoms with van der Waals surface area (Å²) >= 11 is 0. The fraction of sp³-hybridized carbons (Fsp3) is 0.647. The quantitative estimate of drug-likeness (QED) is 0.910. The number of hydrogen-bond donors (Lipinski definition) is 1. The van der Waals surface area contributed by atoms with Gasteiger partial charge in [0.25, 0.3) is 0 Å². The largest absolute Gasteiger partial charge is 0.373 e. The molecule has 0 bridgehead atoms. The Balaban J connectivity index is 2.07. The average molecular weight is 275 g/mol. The fourth-order valence-electron chi connectivity index (χ4n) is 3.21.